The highest BCUT2D eigenvalue weighted by Gasteiger charge is 2.41. The molecule has 2 aliphatic rings. The van der Waals surface area contributed by atoms with Crippen molar-refractivity contribution in [3.8, 4) is 0 Å². The zero-order valence-corrected chi connectivity index (χ0v) is 11.4. The number of hydrogen-bond acceptors (Lipinski definition) is 3. The topological polar surface area (TPSA) is 49.8 Å². The zero-order valence-electron chi connectivity index (χ0n) is 11.4. The number of hydrogen-bond donors (Lipinski definition) is 1. The van der Waals surface area contributed by atoms with Crippen LogP contribution >= 0.6 is 0 Å². The Morgan fingerprint density at radius 1 is 1.33 bits per heavy atom. The number of carboxylic acids is 1. The summed E-state index contributed by atoms with van der Waals surface area (Å²) in [7, 11) is 2.10. The molecule has 1 saturated heterocycles. The summed E-state index contributed by atoms with van der Waals surface area (Å²) in [6.07, 6.45) is 8.11. The summed E-state index contributed by atoms with van der Waals surface area (Å²) in [5, 5.41) is 9.22. The van der Waals surface area contributed by atoms with E-state index >= 15 is 0 Å². The Kier molecular flexibility index (Phi) is 4.62. The molecule has 1 N–H and O–H groups in total. The first-order valence-electron chi connectivity index (χ1n) is 7.16. The van der Waals surface area contributed by atoms with Crippen molar-refractivity contribution in [3.63, 3.8) is 0 Å². The van der Waals surface area contributed by atoms with Crippen LogP contribution in [0.2, 0.25) is 0 Å². The molecule has 0 aromatic heterocycles. The van der Waals surface area contributed by atoms with Crippen molar-refractivity contribution in [2.45, 2.75) is 62.9 Å². The lowest BCUT2D eigenvalue weighted by Gasteiger charge is -2.48. The second-order valence-electron chi connectivity index (χ2n) is 5.84. The van der Waals surface area contributed by atoms with Crippen LogP contribution in [0.1, 0.15) is 51.4 Å². The van der Waals surface area contributed by atoms with Gasteiger partial charge in [0.05, 0.1) is 13.0 Å². The zero-order chi connectivity index (χ0) is 13.0. The van der Waals surface area contributed by atoms with Crippen molar-refractivity contribution in [2.24, 2.45) is 0 Å². The van der Waals surface area contributed by atoms with Crippen LogP contribution in [0.3, 0.4) is 0 Å². The molecule has 1 saturated carbocycles. The van der Waals surface area contributed by atoms with Gasteiger partial charge in [-0.05, 0) is 32.7 Å². The van der Waals surface area contributed by atoms with Crippen LogP contribution in [0, 0.1) is 0 Å². The fraction of sp³-hybridized carbons (Fsp3) is 0.929. The van der Waals surface area contributed by atoms with Crippen molar-refractivity contribution in [2.75, 3.05) is 20.3 Å². The molecule has 1 aliphatic heterocycles. The number of likely N-dealkylation sites (N-methyl/N-ethyl adjacent to an activating group) is 1. The first-order valence-corrected chi connectivity index (χ1v) is 7.16. The Balaban J connectivity index is 2.08. The van der Waals surface area contributed by atoms with Gasteiger partial charge in [-0.3, -0.25) is 9.69 Å². The fourth-order valence-corrected chi connectivity index (χ4v) is 3.56. The number of carboxylic acid groups (broad SMARTS) is 1. The predicted molar refractivity (Wildman–Crippen MR) is 69.7 cm³/mol. The van der Waals surface area contributed by atoms with Gasteiger partial charge >= 0.3 is 5.97 Å². The monoisotopic (exact) mass is 255 g/mol. The molecule has 2 rings (SSSR count). The third kappa shape index (κ3) is 3.04. The van der Waals surface area contributed by atoms with E-state index in [1.54, 1.807) is 0 Å². The molecule has 104 valence electrons. The molecule has 0 radical (unpaired) electrons. The summed E-state index contributed by atoms with van der Waals surface area (Å²) < 4.78 is 5.55. The maximum atomic E-state index is 11.2. The van der Waals surface area contributed by atoms with Crippen molar-refractivity contribution < 1.29 is 14.6 Å². The highest BCUT2D eigenvalue weighted by molar-refractivity contribution is 5.68. The minimum atomic E-state index is -0.666. The summed E-state index contributed by atoms with van der Waals surface area (Å²) in [5.41, 5.74) is -0.130. The van der Waals surface area contributed by atoms with E-state index in [1.807, 2.05) is 0 Å². The lowest BCUT2D eigenvalue weighted by Crippen LogP contribution is -2.55. The molecule has 1 aliphatic carbocycles. The number of ether oxygens (including phenoxy) is 1. The van der Waals surface area contributed by atoms with Crippen molar-refractivity contribution in [1.29, 1.82) is 0 Å². The van der Waals surface area contributed by atoms with Gasteiger partial charge in [0, 0.05) is 18.2 Å². The van der Waals surface area contributed by atoms with Crippen LogP contribution in [0.25, 0.3) is 0 Å². The largest absolute Gasteiger partial charge is 0.481 e. The molecule has 4 nitrogen and oxygen atoms in total. The number of carbonyl (C=O) groups is 1. The molecule has 1 atom stereocenters. The molecule has 2 fully saturated rings. The molecule has 18 heavy (non-hydrogen) atoms. The Labute approximate surface area is 109 Å². The van der Waals surface area contributed by atoms with Gasteiger partial charge < -0.3 is 9.84 Å². The van der Waals surface area contributed by atoms with Crippen molar-refractivity contribution in [3.05, 3.63) is 0 Å². The van der Waals surface area contributed by atoms with E-state index in [1.165, 1.54) is 6.42 Å². The quantitative estimate of drug-likeness (QED) is 0.837. The average molecular weight is 255 g/mol. The standard InChI is InChI=1S/C14H25NO3/c1-15(12-6-5-9-18-11-12)14(10-13(16)17)7-3-2-4-8-14/h12H,2-11H2,1H3,(H,16,17). The molecule has 1 heterocycles. The van der Waals surface area contributed by atoms with Crippen LogP contribution in [0.5, 0.6) is 0 Å². The predicted octanol–water partition coefficient (Wildman–Crippen LogP) is 2.27. The van der Waals surface area contributed by atoms with Gasteiger partial charge in [0.1, 0.15) is 0 Å². The maximum absolute atomic E-state index is 11.2. The van der Waals surface area contributed by atoms with Crippen molar-refractivity contribution in [1.82, 2.24) is 4.90 Å². The van der Waals surface area contributed by atoms with Gasteiger partial charge in [-0.15, -0.1) is 0 Å². The smallest absolute Gasteiger partial charge is 0.305 e. The Bertz CT molecular complexity index is 281. The highest BCUT2D eigenvalue weighted by Crippen LogP contribution is 2.38. The Morgan fingerprint density at radius 3 is 2.61 bits per heavy atom. The van der Waals surface area contributed by atoms with Crippen LogP contribution in [-0.2, 0) is 9.53 Å². The number of aliphatic carboxylic acids is 1. The highest BCUT2D eigenvalue weighted by atomic mass is 16.5. The van der Waals surface area contributed by atoms with E-state index in [9.17, 15) is 9.90 Å². The first kappa shape index (κ1) is 13.8. The van der Waals surface area contributed by atoms with E-state index in [0.29, 0.717) is 6.04 Å². The molecule has 1 unspecified atom stereocenters. The molecule has 4 heteroatoms. The lowest BCUT2D eigenvalue weighted by atomic mass is 9.77. The van der Waals surface area contributed by atoms with Gasteiger partial charge in [0.2, 0.25) is 0 Å². The van der Waals surface area contributed by atoms with Crippen LogP contribution in [0.15, 0.2) is 0 Å². The molecule has 0 aromatic rings. The average Bonchev–Trinajstić information content (AvgIpc) is 2.39. The fourth-order valence-electron chi connectivity index (χ4n) is 3.56. The molecule has 0 spiro atoms. The summed E-state index contributed by atoms with van der Waals surface area (Å²) in [6.45, 7) is 1.62. The lowest BCUT2D eigenvalue weighted by molar-refractivity contribution is -0.142. The van der Waals surface area contributed by atoms with E-state index in [0.717, 1.165) is 51.7 Å². The summed E-state index contributed by atoms with van der Waals surface area (Å²) >= 11 is 0. The summed E-state index contributed by atoms with van der Waals surface area (Å²) in [6, 6.07) is 0.399. The molecule has 0 bridgehead atoms. The Morgan fingerprint density at radius 2 is 2.06 bits per heavy atom. The van der Waals surface area contributed by atoms with E-state index in [4.69, 9.17) is 4.74 Å². The Hall–Kier alpha value is -0.610. The molecule has 0 aromatic carbocycles. The van der Waals surface area contributed by atoms with E-state index in [2.05, 4.69) is 11.9 Å². The van der Waals surface area contributed by atoms with Crippen LogP contribution in [-0.4, -0.2) is 47.8 Å². The minimum Gasteiger partial charge on any atom is -0.481 e. The van der Waals surface area contributed by atoms with Gasteiger partial charge in [0.15, 0.2) is 0 Å². The molecular formula is C14H25NO3. The number of rotatable bonds is 4. The van der Waals surface area contributed by atoms with Crippen molar-refractivity contribution >= 4 is 5.97 Å². The minimum absolute atomic E-state index is 0.130. The first-order chi connectivity index (χ1) is 8.64. The second kappa shape index (κ2) is 6.02. The molecule has 0 amide bonds. The van der Waals surface area contributed by atoms with E-state index < -0.39 is 5.97 Å². The normalized spacial score (nSPS) is 28.2. The van der Waals surface area contributed by atoms with Gasteiger partial charge in [-0.25, -0.2) is 0 Å². The van der Waals surface area contributed by atoms with Gasteiger partial charge in [-0.1, -0.05) is 19.3 Å². The van der Waals surface area contributed by atoms with Crippen LogP contribution < -0.4 is 0 Å². The van der Waals surface area contributed by atoms with Gasteiger partial charge in [0.25, 0.3) is 0 Å². The maximum Gasteiger partial charge on any atom is 0.305 e. The van der Waals surface area contributed by atoms with Crippen LogP contribution in [0.4, 0.5) is 0 Å². The second-order valence-corrected chi connectivity index (χ2v) is 5.84. The summed E-state index contributed by atoms with van der Waals surface area (Å²) in [4.78, 5) is 13.5. The summed E-state index contributed by atoms with van der Waals surface area (Å²) in [5.74, 6) is -0.666. The third-order valence-corrected chi connectivity index (χ3v) is 4.70. The third-order valence-electron chi connectivity index (χ3n) is 4.70. The van der Waals surface area contributed by atoms with E-state index in [-0.39, 0.29) is 12.0 Å². The number of nitrogens with zero attached hydrogens (tertiary/aromatic N) is 1. The molecular weight excluding hydrogens is 230 g/mol. The SMILES string of the molecule is CN(C1CCCOC1)C1(CC(=O)O)CCCCC1. The van der Waals surface area contributed by atoms with Gasteiger partial charge in [-0.2, -0.15) is 0 Å².